The zero-order valence-electron chi connectivity index (χ0n) is 18.3. The third-order valence-corrected chi connectivity index (χ3v) is 6.33. The van der Waals surface area contributed by atoms with Crippen LogP contribution in [0.3, 0.4) is 0 Å². The largest absolute Gasteiger partial charge is 0.407 e. The Kier molecular flexibility index (Phi) is 5.70. The summed E-state index contributed by atoms with van der Waals surface area (Å²) in [6.45, 7) is 1.31. The Morgan fingerprint density at radius 3 is 1.55 bits per heavy atom. The summed E-state index contributed by atoms with van der Waals surface area (Å²) >= 11 is 0. The van der Waals surface area contributed by atoms with Crippen molar-refractivity contribution >= 4 is 11.9 Å². The van der Waals surface area contributed by atoms with Crippen molar-refractivity contribution in [1.82, 2.24) is 10.2 Å². The molecule has 0 aliphatic carbocycles. The molecular formula is C27H26N2O4. The Morgan fingerprint density at radius 1 is 0.697 bits per heavy atom. The van der Waals surface area contributed by atoms with Gasteiger partial charge in [0.2, 0.25) is 0 Å². The summed E-state index contributed by atoms with van der Waals surface area (Å²) in [5, 5.41) is 3.27. The third-order valence-electron chi connectivity index (χ3n) is 6.33. The highest BCUT2D eigenvalue weighted by Crippen LogP contribution is 2.47. The predicted octanol–water partition coefficient (Wildman–Crippen LogP) is 3.42. The molecule has 0 atom stereocenters. The summed E-state index contributed by atoms with van der Waals surface area (Å²) in [6, 6.07) is 30.3. The molecule has 0 amide bonds. The lowest BCUT2D eigenvalue weighted by molar-refractivity contribution is -0.302. The highest BCUT2D eigenvalue weighted by molar-refractivity contribution is 5.80. The lowest BCUT2D eigenvalue weighted by Crippen LogP contribution is -2.70. The smallest absolute Gasteiger partial charge is 0.334 e. The summed E-state index contributed by atoms with van der Waals surface area (Å²) in [7, 11) is 0. The van der Waals surface area contributed by atoms with Gasteiger partial charge in [0.05, 0.1) is 19.4 Å². The SMILES string of the molecule is O=C1CCC(=O)OC2(CNCCN2C(c2ccccc2)(c2ccccc2)c2ccccc2)O1. The van der Waals surface area contributed by atoms with E-state index >= 15 is 0 Å². The highest BCUT2D eigenvalue weighted by Gasteiger charge is 2.58. The Morgan fingerprint density at radius 2 is 1.12 bits per heavy atom. The van der Waals surface area contributed by atoms with E-state index in [1.807, 2.05) is 59.5 Å². The molecule has 0 aromatic heterocycles. The Hall–Kier alpha value is -3.48. The van der Waals surface area contributed by atoms with Crippen molar-refractivity contribution in [1.29, 1.82) is 0 Å². The molecular weight excluding hydrogens is 416 g/mol. The number of esters is 2. The molecule has 0 bridgehead atoms. The summed E-state index contributed by atoms with van der Waals surface area (Å²) < 4.78 is 11.9. The van der Waals surface area contributed by atoms with Gasteiger partial charge in [0, 0.05) is 13.1 Å². The molecule has 3 aromatic rings. The molecule has 2 aliphatic heterocycles. The van der Waals surface area contributed by atoms with Crippen molar-refractivity contribution in [2.75, 3.05) is 19.6 Å². The van der Waals surface area contributed by atoms with Gasteiger partial charge in [-0.3, -0.25) is 9.59 Å². The maximum Gasteiger partial charge on any atom is 0.334 e. The van der Waals surface area contributed by atoms with Crippen molar-refractivity contribution in [3.63, 3.8) is 0 Å². The van der Waals surface area contributed by atoms with Crippen LogP contribution in [0.4, 0.5) is 0 Å². The van der Waals surface area contributed by atoms with Crippen LogP contribution < -0.4 is 5.32 Å². The van der Waals surface area contributed by atoms with E-state index in [-0.39, 0.29) is 19.4 Å². The molecule has 6 heteroatoms. The van der Waals surface area contributed by atoms with E-state index in [1.165, 1.54) is 0 Å². The average Bonchev–Trinajstić information content (AvgIpc) is 3.00. The zero-order chi connectivity index (χ0) is 22.7. The minimum atomic E-state index is -1.58. The highest BCUT2D eigenvalue weighted by atomic mass is 16.8. The van der Waals surface area contributed by atoms with Gasteiger partial charge in [-0.2, -0.15) is 0 Å². The number of carbonyl (C=O) groups excluding carboxylic acids is 2. The van der Waals surface area contributed by atoms with Gasteiger partial charge in [-0.05, 0) is 16.7 Å². The van der Waals surface area contributed by atoms with Crippen LogP contribution >= 0.6 is 0 Å². The fourth-order valence-electron chi connectivity index (χ4n) is 5.00. The quantitative estimate of drug-likeness (QED) is 0.493. The molecule has 3 aromatic carbocycles. The second kappa shape index (κ2) is 8.81. The Balaban J connectivity index is 1.83. The molecule has 2 aliphatic rings. The lowest BCUT2D eigenvalue weighted by Gasteiger charge is -2.54. The summed E-state index contributed by atoms with van der Waals surface area (Å²) in [5.74, 6) is -2.47. The topological polar surface area (TPSA) is 67.9 Å². The van der Waals surface area contributed by atoms with E-state index in [4.69, 9.17) is 9.47 Å². The van der Waals surface area contributed by atoms with Crippen LogP contribution in [-0.4, -0.2) is 42.4 Å². The van der Waals surface area contributed by atoms with E-state index in [0.29, 0.717) is 13.1 Å². The van der Waals surface area contributed by atoms with E-state index in [9.17, 15) is 9.59 Å². The fraction of sp³-hybridized carbons (Fsp3) is 0.259. The second-order valence-electron chi connectivity index (χ2n) is 8.30. The minimum Gasteiger partial charge on any atom is -0.407 e. The average molecular weight is 443 g/mol. The van der Waals surface area contributed by atoms with Gasteiger partial charge in [0.1, 0.15) is 5.54 Å². The van der Waals surface area contributed by atoms with Crippen LogP contribution in [-0.2, 0) is 24.6 Å². The number of nitrogens with one attached hydrogen (secondary N) is 1. The number of hydrogen-bond donors (Lipinski definition) is 1. The van der Waals surface area contributed by atoms with Crippen LogP contribution in [0.1, 0.15) is 29.5 Å². The van der Waals surface area contributed by atoms with E-state index < -0.39 is 23.4 Å². The Labute approximate surface area is 193 Å². The molecule has 2 fully saturated rings. The summed E-state index contributed by atoms with van der Waals surface area (Å²) in [6.07, 6.45) is 0.00681. The predicted molar refractivity (Wildman–Crippen MR) is 123 cm³/mol. The number of benzene rings is 3. The fourth-order valence-corrected chi connectivity index (χ4v) is 5.00. The van der Waals surface area contributed by atoms with Crippen molar-refractivity contribution in [2.24, 2.45) is 0 Å². The van der Waals surface area contributed by atoms with Gasteiger partial charge in [-0.1, -0.05) is 91.0 Å². The van der Waals surface area contributed by atoms with Gasteiger partial charge in [-0.15, -0.1) is 0 Å². The number of carbonyl (C=O) groups is 2. The number of hydrogen-bond acceptors (Lipinski definition) is 6. The van der Waals surface area contributed by atoms with Gasteiger partial charge in [0.15, 0.2) is 0 Å². The first-order valence-corrected chi connectivity index (χ1v) is 11.2. The lowest BCUT2D eigenvalue weighted by atomic mass is 9.74. The number of ether oxygens (including phenoxy) is 2. The summed E-state index contributed by atoms with van der Waals surface area (Å²) in [4.78, 5) is 27.4. The van der Waals surface area contributed by atoms with Crippen molar-refractivity contribution < 1.29 is 19.1 Å². The van der Waals surface area contributed by atoms with Gasteiger partial charge in [0.25, 0.3) is 0 Å². The first-order chi connectivity index (χ1) is 16.1. The number of rotatable bonds is 4. The van der Waals surface area contributed by atoms with Crippen molar-refractivity contribution in [3.8, 4) is 0 Å². The second-order valence-corrected chi connectivity index (χ2v) is 8.30. The van der Waals surface area contributed by atoms with Crippen LogP contribution in [0.2, 0.25) is 0 Å². The van der Waals surface area contributed by atoms with Crippen LogP contribution in [0.15, 0.2) is 91.0 Å². The number of nitrogens with zero attached hydrogens (tertiary/aromatic N) is 1. The normalized spacial score (nSPS) is 18.9. The third kappa shape index (κ3) is 3.71. The van der Waals surface area contributed by atoms with Gasteiger partial charge < -0.3 is 14.8 Å². The van der Waals surface area contributed by atoms with E-state index in [2.05, 4.69) is 41.7 Å². The standard InChI is InChI=1S/C27H26N2O4/c30-24-16-17-25(31)33-26(32-24)20-28-18-19-29(26)27(21-10-4-1-5-11-21,22-12-6-2-7-13-22)23-14-8-3-9-15-23/h1-15,28H,16-20H2. The van der Waals surface area contributed by atoms with E-state index in [1.54, 1.807) is 0 Å². The van der Waals surface area contributed by atoms with Crippen molar-refractivity contribution in [3.05, 3.63) is 108 Å². The maximum atomic E-state index is 12.7. The molecule has 5 rings (SSSR count). The maximum absolute atomic E-state index is 12.7. The molecule has 1 N–H and O–H groups in total. The molecule has 0 saturated carbocycles. The van der Waals surface area contributed by atoms with E-state index in [0.717, 1.165) is 16.7 Å². The Bertz CT molecular complexity index is 1000. The first-order valence-electron chi connectivity index (χ1n) is 11.2. The summed E-state index contributed by atoms with van der Waals surface area (Å²) in [5.41, 5.74) is 2.08. The van der Waals surface area contributed by atoms with Crippen molar-refractivity contribution in [2.45, 2.75) is 24.3 Å². The molecule has 2 heterocycles. The molecule has 33 heavy (non-hydrogen) atoms. The van der Waals surface area contributed by atoms with Gasteiger partial charge >= 0.3 is 17.8 Å². The van der Waals surface area contributed by atoms with Crippen LogP contribution in [0.5, 0.6) is 0 Å². The molecule has 1 spiro atoms. The molecule has 0 unspecified atom stereocenters. The number of piperazine rings is 1. The molecule has 6 nitrogen and oxygen atoms in total. The zero-order valence-corrected chi connectivity index (χ0v) is 18.3. The first kappa shape index (κ1) is 21.4. The van der Waals surface area contributed by atoms with Crippen LogP contribution in [0, 0.1) is 0 Å². The minimum absolute atomic E-state index is 0.00341. The molecule has 0 radical (unpaired) electrons. The van der Waals surface area contributed by atoms with Gasteiger partial charge in [-0.25, -0.2) is 4.90 Å². The molecule has 2 saturated heterocycles. The van der Waals surface area contributed by atoms with Crippen LogP contribution in [0.25, 0.3) is 0 Å². The monoisotopic (exact) mass is 442 g/mol. The molecule has 168 valence electrons.